The van der Waals surface area contributed by atoms with Gasteiger partial charge in [-0.15, -0.1) is 0 Å². The van der Waals surface area contributed by atoms with Crippen molar-refractivity contribution in [2.24, 2.45) is 0 Å². The van der Waals surface area contributed by atoms with Crippen LogP contribution in [0.4, 0.5) is 10.5 Å². The first kappa shape index (κ1) is 24.0. The molecule has 4 rings (SSSR count). The van der Waals surface area contributed by atoms with Crippen LogP contribution in [0.3, 0.4) is 0 Å². The van der Waals surface area contributed by atoms with Crippen molar-refractivity contribution in [3.63, 3.8) is 0 Å². The average molecular weight is 495 g/mol. The van der Waals surface area contributed by atoms with Crippen LogP contribution < -0.4 is 10.1 Å². The molecular formula is C25H23ClN4O5. The molecule has 2 aromatic carbocycles. The number of aromatic nitrogens is 1. The number of hydrogen-bond acceptors (Lipinski definition) is 6. The fourth-order valence-corrected chi connectivity index (χ4v) is 3.83. The van der Waals surface area contributed by atoms with E-state index in [1.165, 1.54) is 11.0 Å². The molecule has 1 fully saturated rings. The van der Waals surface area contributed by atoms with E-state index in [2.05, 4.69) is 10.3 Å². The fourth-order valence-electron chi connectivity index (χ4n) is 3.71. The maximum Gasteiger partial charge on any atom is 0.354 e. The number of carbonyl (C=O) groups is 3. The van der Waals surface area contributed by atoms with Crippen molar-refractivity contribution in [2.45, 2.75) is 26.1 Å². The quantitative estimate of drug-likeness (QED) is 0.461. The van der Waals surface area contributed by atoms with Gasteiger partial charge >= 0.3 is 12.0 Å². The van der Waals surface area contributed by atoms with Crippen molar-refractivity contribution < 1.29 is 24.2 Å². The number of anilines is 1. The minimum atomic E-state index is -1.14. The zero-order chi connectivity index (χ0) is 24.9. The maximum atomic E-state index is 13.1. The molecule has 0 saturated carbocycles. The standard InChI is InChI=1S/C25H23ClN4O5/c1-2-29-23(31)14-21(30(25(29)34)15-16-6-8-17(26)9-7-16)27-18-10-12-19(13-11-18)35-22-5-3-4-20(28-22)24(32)33/h3-13,21,27H,2,14-15H2,1H3,(H,32,33). The largest absolute Gasteiger partial charge is 0.477 e. The summed E-state index contributed by atoms with van der Waals surface area (Å²) in [4.78, 5) is 43.5. The first-order valence-electron chi connectivity index (χ1n) is 10.9. The second kappa shape index (κ2) is 10.4. The molecule has 9 nitrogen and oxygen atoms in total. The van der Waals surface area contributed by atoms with Crippen molar-refractivity contribution in [3.05, 3.63) is 83.0 Å². The van der Waals surface area contributed by atoms with Gasteiger partial charge in [0.05, 0.1) is 6.42 Å². The summed E-state index contributed by atoms with van der Waals surface area (Å²) >= 11 is 5.98. The number of amides is 3. The van der Waals surface area contributed by atoms with Gasteiger partial charge in [0.1, 0.15) is 11.9 Å². The summed E-state index contributed by atoms with van der Waals surface area (Å²) in [6.07, 6.45) is -0.425. The Labute approximate surface area is 206 Å². The highest BCUT2D eigenvalue weighted by Gasteiger charge is 2.38. The Balaban J connectivity index is 1.49. The Hall–Kier alpha value is -4.11. The fraction of sp³-hybridized carbons (Fsp3) is 0.200. The third kappa shape index (κ3) is 5.70. The number of ether oxygens (including phenoxy) is 1. The summed E-state index contributed by atoms with van der Waals surface area (Å²) in [6.45, 7) is 2.37. The molecule has 1 aromatic heterocycles. The smallest absolute Gasteiger partial charge is 0.354 e. The van der Waals surface area contributed by atoms with E-state index in [0.717, 1.165) is 5.56 Å². The number of pyridine rings is 1. The molecule has 10 heteroatoms. The molecule has 1 aliphatic rings. The van der Waals surface area contributed by atoms with Crippen LogP contribution in [-0.2, 0) is 11.3 Å². The lowest BCUT2D eigenvalue weighted by molar-refractivity contribution is -0.132. The lowest BCUT2D eigenvalue weighted by atomic mass is 10.1. The van der Waals surface area contributed by atoms with E-state index in [1.54, 1.807) is 60.4 Å². The number of aromatic carboxylic acids is 1. The van der Waals surface area contributed by atoms with Crippen LogP contribution in [0.5, 0.6) is 11.6 Å². The molecule has 180 valence electrons. The number of carboxylic acids is 1. The van der Waals surface area contributed by atoms with Gasteiger partial charge in [0.2, 0.25) is 11.8 Å². The maximum absolute atomic E-state index is 13.1. The van der Waals surface area contributed by atoms with E-state index in [1.807, 2.05) is 12.1 Å². The molecular weight excluding hydrogens is 472 g/mol. The van der Waals surface area contributed by atoms with Gasteiger partial charge in [-0.25, -0.2) is 14.6 Å². The van der Waals surface area contributed by atoms with Gasteiger partial charge in [0.15, 0.2) is 5.69 Å². The van der Waals surface area contributed by atoms with Crippen LogP contribution in [0, 0.1) is 0 Å². The molecule has 1 saturated heterocycles. The monoisotopic (exact) mass is 494 g/mol. The number of carbonyl (C=O) groups excluding carboxylic acids is 2. The molecule has 2 N–H and O–H groups in total. The first-order valence-corrected chi connectivity index (χ1v) is 11.3. The Morgan fingerprint density at radius 1 is 1.11 bits per heavy atom. The molecule has 3 aromatic rings. The Bertz CT molecular complexity index is 1230. The predicted octanol–water partition coefficient (Wildman–Crippen LogP) is 4.84. The third-order valence-corrected chi connectivity index (χ3v) is 5.71. The van der Waals surface area contributed by atoms with Crippen LogP contribution in [0.15, 0.2) is 66.7 Å². The van der Waals surface area contributed by atoms with Crippen molar-refractivity contribution >= 4 is 35.2 Å². The van der Waals surface area contributed by atoms with Crippen LogP contribution in [0.1, 0.15) is 29.4 Å². The number of hydrogen-bond donors (Lipinski definition) is 2. The van der Waals surface area contributed by atoms with E-state index in [9.17, 15) is 14.4 Å². The SMILES string of the molecule is CCN1C(=O)CC(Nc2ccc(Oc3cccc(C(=O)O)n3)cc2)N(Cc2ccc(Cl)cc2)C1=O. The number of nitrogens with one attached hydrogen (secondary N) is 1. The highest BCUT2D eigenvalue weighted by atomic mass is 35.5. The van der Waals surface area contributed by atoms with Gasteiger partial charge < -0.3 is 15.2 Å². The molecule has 0 radical (unpaired) electrons. The first-order chi connectivity index (χ1) is 16.8. The molecule has 0 aliphatic carbocycles. The summed E-state index contributed by atoms with van der Waals surface area (Å²) < 4.78 is 5.65. The summed E-state index contributed by atoms with van der Waals surface area (Å²) in [5, 5.41) is 12.9. The molecule has 2 heterocycles. The summed E-state index contributed by atoms with van der Waals surface area (Å²) in [6, 6.07) is 18.2. The van der Waals surface area contributed by atoms with Gasteiger partial charge in [-0.3, -0.25) is 14.6 Å². The van der Waals surface area contributed by atoms with E-state index in [-0.39, 0.29) is 29.9 Å². The third-order valence-electron chi connectivity index (χ3n) is 5.46. The zero-order valence-electron chi connectivity index (χ0n) is 18.8. The second-order valence-corrected chi connectivity index (χ2v) is 8.27. The molecule has 3 amide bonds. The highest BCUT2D eigenvalue weighted by Crippen LogP contribution is 2.26. The lowest BCUT2D eigenvalue weighted by Gasteiger charge is -2.40. The van der Waals surface area contributed by atoms with Gasteiger partial charge in [-0.2, -0.15) is 0 Å². The average Bonchev–Trinajstić information content (AvgIpc) is 2.84. The number of urea groups is 1. The molecule has 1 atom stereocenters. The van der Waals surface area contributed by atoms with E-state index in [4.69, 9.17) is 21.4 Å². The summed E-state index contributed by atoms with van der Waals surface area (Å²) in [7, 11) is 0. The van der Waals surface area contributed by atoms with Crippen LogP contribution in [0.25, 0.3) is 0 Å². The number of benzene rings is 2. The minimum absolute atomic E-state index is 0.116. The summed E-state index contributed by atoms with van der Waals surface area (Å²) in [5.74, 6) is -0.775. The van der Waals surface area contributed by atoms with Crippen LogP contribution in [0.2, 0.25) is 5.02 Å². The minimum Gasteiger partial charge on any atom is -0.477 e. The zero-order valence-corrected chi connectivity index (χ0v) is 19.6. The van der Waals surface area contributed by atoms with E-state index < -0.39 is 12.1 Å². The van der Waals surface area contributed by atoms with Crippen molar-refractivity contribution in [1.29, 1.82) is 0 Å². The number of imide groups is 1. The van der Waals surface area contributed by atoms with Crippen LogP contribution in [-0.4, -0.2) is 50.5 Å². The van der Waals surface area contributed by atoms with Gasteiger partial charge in [0, 0.05) is 29.9 Å². The normalized spacial score (nSPS) is 15.8. The summed E-state index contributed by atoms with van der Waals surface area (Å²) in [5.41, 5.74) is 1.45. The number of nitrogens with zero attached hydrogens (tertiary/aromatic N) is 3. The molecule has 1 aliphatic heterocycles. The molecule has 0 spiro atoms. The number of rotatable bonds is 8. The van der Waals surface area contributed by atoms with Crippen molar-refractivity contribution in [1.82, 2.24) is 14.8 Å². The van der Waals surface area contributed by atoms with Crippen molar-refractivity contribution in [2.75, 3.05) is 11.9 Å². The highest BCUT2D eigenvalue weighted by molar-refractivity contribution is 6.30. The Morgan fingerprint density at radius 3 is 2.49 bits per heavy atom. The molecule has 1 unspecified atom stereocenters. The van der Waals surface area contributed by atoms with Gasteiger partial charge in [-0.05, 0) is 55.0 Å². The van der Waals surface area contributed by atoms with Crippen LogP contribution >= 0.6 is 11.6 Å². The predicted molar refractivity (Wildman–Crippen MR) is 130 cm³/mol. The molecule has 35 heavy (non-hydrogen) atoms. The Morgan fingerprint density at radius 2 is 1.83 bits per heavy atom. The second-order valence-electron chi connectivity index (χ2n) is 7.83. The Kier molecular flexibility index (Phi) is 7.17. The van der Waals surface area contributed by atoms with E-state index in [0.29, 0.717) is 29.5 Å². The topological polar surface area (TPSA) is 112 Å². The van der Waals surface area contributed by atoms with Gasteiger partial charge in [-0.1, -0.05) is 29.8 Å². The van der Waals surface area contributed by atoms with E-state index >= 15 is 0 Å². The van der Waals surface area contributed by atoms with Gasteiger partial charge in [0.25, 0.3) is 0 Å². The number of carboxylic acid groups (broad SMARTS) is 1. The molecule has 0 bridgehead atoms. The lowest BCUT2D eigenvalue weighted by Crippen LogP contribution is -2.58. The van der Waals surface area contributed by atoms with Crippen molar-refractivity contribution in [3.8, 4) is 11.6 Å². The number of halogens is 1.